The molecule has 0 saturated carbocycles. The molecule has 0 spiro atoms. The fraction of sp³-hybridized carbons (Fsp3) is 0.278. The van der Waals surface area contributed by atoms with Crippen molar-refractivity contribution in [1.29, 1.82) is 0 Å². The summed E-state index contributed by atoms with van der Waals surface area (Å²) in [6, 6.07) is 8.64. The van der Waals surface area contributed by atoms with Gasteiger partial charge < -0.3 is 4.90 Å². The van der Waals surface area contributed by atoms with Crippen LogP contribution < -0.4 is 0 Å². The quantitative estimate of drug-likeness (QED) is 0.501. The fourth-order valence-corrected chi connectivity index (χ4v) is 2.56. The molecule has 0 aliphatic rings. The average Bonchev–Trinajstić information content (AvgIpc) is 2.53. The van der Waals surface area contributed by atoms with Crippen LogP contribution in [-0.2, 0) is 6.42 Å². The predicted molar refractivity (Wildman–Crippen MR) is 96.9 cm³/mol. The fourth-order valence-electron chi connectivity index (χ4n) is 2.13. The minimum Gasteiger partial charge on any atom is -0.366 e. The SMILES string of the molecule is CCN(C)C=Nc1cc(C)c(Cc2cccc(F)c2Cl)cc1Cl. The zero-order chi connectivity index (χ0) is 17.0. The van der Waals surface area contributed by atoms with Gasteiger partial charge in [0.05, 0.1) is 22.1 Å². The molecular formula is C18H19Cl2FN2. The van der Waals surface area contributed by atoms with E-state index in [9.17, 15) is 4.39 Å². The highest BCUT2D eigenvalue weighted by Gasteiger charge is 2.10. The molecule has 23 heavy (non-hydrogen) atoms. The molecular weight excluding hydrogens is 334 g/mol. The average molecular weight is 353 g/mol. The summed E-state index contributed by atoms with van der Waals surface area (Å²) in [6.45, 7) is 4.91. The van der Waals surface area contributed by atoms with E-state index < -0.39 is 5.82 Å². The number of benzene rings is 2. The Labute approximate surface area is 146 Å². The van der Waals surface area contributed by atoms with Crippen molar-refractivity contribution in [3.8, 4) is 0 Å². The third kappa shape index (κ3) is 4.46. The van der Waals surface area contributed by atoms with Gasteiger partial charge in [-0.3, -0.25) is 0 Å². The molecule has 0 bridgehead atoms. The molecule has 0 fully saturated rings. The second-order valence-electron chi connectivity index (χ2n) is 5.44. The summed E-state index contributed by atoms with van der Waals surface area (Å²) in [4.78, 5) is 6.36. The topological polar surface area (TPSA) is 15.6 Å². The van der Waals surface area contributed by atoms with Gasteiger partial charge in [-0.25, -0.2) is 9.38 Å². The van der Waals surface area contributed by atoms with Gasteiger partial charge in [0.25, 0.3) is 0 Å². The molecule has 2 aromatic carbocycles. The Morgan fingerprint density at radius 1 is 1.22 bits per heavy atom. The van der Waals surface area contributed by atoms with Crippen molar-refractivity contribution in [2.75, 3.05) is 13.6 Å². The Morgan fingerprint density at radius 2 is 1.96 bits per heavy atom. The van der Waals surface area contributed by atoms with Crippen molar-refractivity contribution in [3.63, 3.8) is 0 Å². The van der Waals surface area contributed by atoms with E-state index in [0.717, 1.165) is 28.9 Å². The molecule has 0 atom stereocenters. The van der Waals surface area contributed by atoms with Crippen molar-refractivity contribution >= 4 is 35.2 Å². The third-order valence-corrected chi connectivity index (χ3v) is 4.44. The molecule has 0 saturated heterocycles. The molecule has 0 aromatic heterocycles. The van der Waals surface area contributed by atoms with Crippen molar-refractivity contribution in [1.82, 2.24) is 4.90 Å². The number of nitrogens with zero attached hydrogens (tertiary/aromatic N) is 2. The highest BCUT2D eigenvalue weighted by atomic mass is 35.5. The van der Waals surface area contributed by atoms with Gasteiger partial charge in [0, 0.05) is 13.6 Å². The van der Waals surface area contributed by atoms with Gasteiger partial charge in [-0.1, -0.05) is 35.3 Å². The zero-order valence-corrected chi connectivity index (χ0v) is 14.9. The molecule has 5 heteroatoms. The van der Waals surface area contributed by atoms with Gasteiger partial charge in [0.15, 0.2) is 0 Å². The van der Waals surface area contributed by atoms with E-state index >= 15 is 0 Å². The molecule has 0 aliphatic carbocycles. The molecule has 0 radical (unpaired) electrons. The first-order valence-electron chi connectivity index (χ1n) is 7.38. The van der Waals surface area contributed by atoms with Crippen molar-refractivity contribution in [2.45, 2.75) is 20.3 Å². The minimum absolute atomic E-state index is 0.162. The Balaban J connectivity index is 2.30. The maximum Gasteiger partial charge on any atom is 0.142 e. The lowest BCUT2D eigenvalue weighted by atomic mass is 10.00. The summed E-state index contributed by atoms with van der Waals surface area (Å²) in [6.07, 6.45) is 2.28. The molecule has 2 rings (SSSR count). The zero-order valence-electron chi connectivity index (χ0n) is 13.4. The molecule has 0 amide bonds. The van der Waals surface area contributed by atoms with Gasteiger partial charge in [-0.2, -0.15) is 0 Å². The monoisotopic (exact) mass is 352 g/mol. The van der Waals surface area contributed by atoms with Gasteiger partial charge in [-0.05, 0) is 55.2 Å². The van der Waals surface area contributed by atoms with Crippen LogP contribution in [0.1, 0.15) is 23.6 Å². The molecule has 0 aliphatic heterocycles. The maximum absolute atomic E-state index is 13.6. The molecule has 0 N–H and O–H groups in total. The molecule has 122 valence electrons. The summed E-state index contributed by atoms with van der Waals surface area (Å²) in [5.74, 6) is -0.406. The predicted octanol–water partition coefficient (Wildman–Crippen LogP) is 5.64. The number of aliphatic imine (C=N–C) groups is 1. The van der Waals surface area contributed by atoms with Crippen molar-refractivity contribution in [2.24, 2.45) is 4.99 Å². The number of rotatable bonds is 5. The van der Waals surface area contributed by atoms with Crippen molar-refractivity contribution < 1.29 is 4.39 Å². The molecule has 0 heterocycles. The normalized spacial score (nSPS) is 11.2. The summed E-state index contributed by atoms with van der Waals surface area (Å²) in [5, 5.41) is 0.730. The summed E-state index contributed by atoms with van der Waals surface area (Å²) < 4.78 is 13.6. The number of hydrogen-bond acceptors (Lipinski definition) is 1. The largest absolute Gasteiger partial charge is 0.366 e. The lowest BCUT2D eigenvalue weighted by Crippen LogP contribution is -2.14. The first-order chi connectivity index (χ1) is 10.9. The van der Waals surface area contributed by atoms with E-state index in [1.807, 2.05) is 44.0 Å². The van der Waals surface area contributed by atoms with Gasteiger partial charge in [0.1, 0.15) is 5.82 Å². The second-order valence-corrected chi connectivity index (χ2v) is 6.22. The lowest BCUT2D eigenvalue weighted by Gasteiger charge is -2.12. The molecule has 0 unspecified atom stereocenters. The maximum atomic E-state index is 13.6. The highest BCUT2D eigenvalue weighted by Crippen LogP contribution is 2.31. The van der Waals surface area contributed by atoms with E-state index in [2.05, 4.69) is 4.99 Å². The van der Waals surface area contributed by atoms with Crippen LogP contribution in [0.4, 0.5) is 10.1 Å². The van der Waals surface area contributed by atoms with Crippen LogP contribution in [0.3, 0.4) is 0 Å². The van der Waals surface area contributed by atoms with Crippen LogP contribution in [0, 0.1) is 12.7 Å². The van der Waals surface area contributed by atoms with Crippen LogP contribution in [0.15, 0.2) is 35.3 Å². The standard InChI is InChI=1S/C18H19Cl2FN2/c1-4-23(3)11-22-17-8-12(2)14(10-15(17)19)9-13-6-5-7-16(21)18(13)20/h5-8,10-11H,4,9H2,1-3H3. The Morgan fingerprint density at radius 3 is 2.65 bits per heavy atom. The lowest BCUT2D eigenvalue weighted by molar-refractivity contribution is 0.552. The molecule has 2 nitrogen and oxygen atoms in total. The Hall–Kier alpha value is -1.58. The Kier molecular flexibility index (Phi) is 6.03. The van der Waals surface area contributed by atoms with Crippen LogP contribution in [0.5, 0.6) is 0 Å². The third-order valence-electron chi connectivity index (χ3n) is 3.71. The van der Waals surface area contributed by atoms with Crippen LogP contribution in [-0.4, -0.2) is 24.8 Å². The van der Waals surface area contributed by atoms with Gasteiger partial charge in [-0.15, -0.1) is 0 Å². The van der Waals surface area contributed by atoms with Crippen LogP contribution in [0.2, 0.25) is 10.0 Å². The number of halogens is 3. The smallest absolute Gasteiger partial charge is 0.142 e. The van der Waals surface area contributed by atoms with Crippen molar-refractivity contribution in [3.05, 3.63) is 62.9 Å². The van der Waals surface area contributed by atoms with E-state index in [0.29, 0.717) is 11.4 Å². The summed E-state index contributed by atoms with van der Waals surface area (Å²) >= 11 is 12.4. The summed E-state index contributed by atoms with van der Waals surface area (Å²) in [5.41, 5.74) is 3.51. The Bertz CT molecular complexity index is 729. The molecule has 2 aromatic rings. The second kappa shape index (κ2) is 7.80. The van der Waals surface area contributed by atoms with Crippen LogP contribution in [0.25, 0.3) is 0 Å². The summed E-state index contributed by atoms with van der Waals surface area (Å²) in [7, 11) is 1.95. The van der Waals surface area contributed by atoms with E-state index in [4.69, 9.17) is 23.2 Å². The first kappa shape index (κ1) is 17.8. The highest BCUT2D eigenvalue weighted by molar-refractivity contribution is 6.33. The van der Waals surface area contributed by atoms with Gasteiger partial charge >= 0.3 is 0 Å². The van der Waals surface area contributed by atoms with Gasteiger partial charge in [0.2, 0.25) is 0 Å². The van der Waals surface area contributed by atoms with Crippen LogP contribution >= 0.6 is 23.2 Å². The van der Waals surface area contributed by atoms with E-state index in [1.54, 1.807) is 12.4 Å². The number of hydrogen-bond donors (Lipinski definition) is 0. The number of aryl methyl sites for hydroxylation is 1. The van der Waals surface area contributed by atoms with E-state index in [-0.39, 0.29) is 5.02 Å². The first-order valence-corrected chi connectivity index (χ1v) is 8.14. The van der Waals surface area contributed by atoms with E-state index in [1.165, 1.54) is 6.07 Å². The minimum atomic E-state index is -0.406.